The Hall–Kier alpha value is -3.65. The molecule has 37 heavy (non-hydrogen) atoms. The smallest absolute Gasteiger partial charge is 0.264 e. The van der Waals surface area contributed by atoms with Crippen LogP contribution in [0.4, 0.5) is 0 Å². The molecule has 1 N–H and O–H groups in total. The number of amides is 2. The second-order valence-corrected chi connectivity index (χ2v) is 10.1. The third-order valence-corrected chi connectivity index (χ3v) is 7.70. The number of fused-ring (bicyclic) bond motifs is 3. The van der Waals surface area contributed by atoms with Gasteiger partial charge in [0.25, 0.3) is 5.56 Å². The number of aryl methyl sites for hydroxylation is 1. The van der Waals surface area contributed by atoms with Gasteiger partial charge in [-0.3, -0.25) is 14.4 Å². The van der Waals surface area contributed by atoms with Crippen LogP contribution in [0.5, 0.6) is 0 Å². The lowest BCUT2D eigenvalue weighted by Crippen LogP contribution is -2.46. The second-order valence-electron chi connectivity index (χ2n) is 9.74. The minimum Gasteiger partial charge on any atom is -0.360 e. The highest BCUT2D eigenvalue weighted by molar-refractivity contribution is 6.37. The Kier molecular flexibility index (Phi) is 6.77. The zero-order valence-electron chi connectivity index (χ0n) is 21.0. The van der Waals surface area contributed by atoms with E-state index in [1.54, 1.807) is 24.6 Å². The fourth-order valence-electron chi connectivity index (χ4n) is 5.51. The van der Waals surface area contributed by atoms with Gasteiger partial charge < -0.3 is 19.3 Å². The monoisotopic (exact) mass is 520 g/mol. The first-order valence-electron chi connectivity index (χ1n) is 12.4. The summed E-state index contributed by atoms with van der Waals surface area (Å²) in [6.45, 7) is 3.17. The summed E-state index contributed by atoms with van der Waals surface area (Å²) in [4.78, 5) is 40.8. The number of hydrogen-bond acceptors (Lipinski definition) is 5. The highest BCUT2D eigenvalue weighted by Gasteiger charge is 2.32. The molecule has 192 valence electrons. The zero-order valence-corrected chi connectivity index (χ0v) is 21.8. The fourth-order valence-corrected chi connectivity index (χ4v) is 5.77. The van der Waals surface area contributed by atoms with E-state index in [0.29, 0.717) is 39.0 Å². The molecule has 0 aliphatic heterocycles. The van der Waals surface area contributed by atoms with Gasteiger partial charge in [-0.05, 0) is 50.3 Å². The summed E-state index contributed by atoms with van der Waals surface area (Å²) in [5.41, 5.74) is 1.75. The van der Waals surface area contributed by atoms with E-state index in [1.807, 2.05) is 42.5 Å². The summed E-state index contributed by atoms with van der Waals surface area (Å²) in [7, 11) is 1.63. The van der Waals surface area contributed by atoms with Crippen LogP contribution in [-0.4, -0.2) is 39.5 Å². The Morgan fingerprint density at radius 3 is 2.62 bits per heavy atom. The second kappa shape index (κ2) is 10.0. The van der Waals surface area contributed by atoms with Crippen molar-refractivity contribution in [1.82, 2.24) is 19.9 Å². The lowest BCUT2D eigenvalue weighted by Gasteiger charge is -2.34. The molecule has 5 rings (SSSR count). The molecule has 1 aliphatic carbocycles. The number of carbonyl (C=O) groups excluding carboxylic acids is 2. The quantitative estimate of drug-likeness (QED) is 0.402. The van der Waals surface area contributed by atoms with E-state index in [0.717, 1.165) is 24.8 Å². The molecule has 2 heterocycles. The van der Waals surface area contributed by atoms with E-state index >= 15 is 0 Å². The highest BCUT2D eigenvalue weighted by Crippen LogP contribution is 2.35. The Labute approximate surface area is 219 Å². The number of nitrogens with one attached hydrogen (secondary N) is 1. The van der Waals surface area contributed by atoms with Gasteiger partial charge >= 0.3 is 0 Å². The maximum Gasteiger partial charge on any atom is 0.264 e. The van der Waals surface area contributed by atoms with Crippen LogP contribution in [0.3, 0.4) is 0 Å². The highest BCUT2D eigenvalue weighted by atomic mass is 35.5. The molecule has 0 saturated heterocycles. The van der Waals surface area contributed by atoms with Gasteiger partial charge in [-0.15, -0.1) is 0 Å². The van der Waals surface area contributed by atoms with E-state index in [1.165, 1.54) is 11.8 Å². The molecule has 9 heteroatoms. The molecule has 8 nitrogen and oxygen atoms in total. The molecule has 2 aromatic heterocycles. The maximum absolute atomic E-state index is 13.7. The van der Waals surface area contributed by atoms with E-state index in [-0.39, 0.29) is 29.5 Å². The summed E-state index contributed by atoms with van der Waals surface area (Å²) >= 11 is 6.57. The van der Waals surface area contributed by atoms with Crippen LogP contribution in [0.25, 0.3) is 21.8 Å². The van der Waals surface area contributed by atoms with Crippen molar-refractivity contribution < 1.29 is 14.1 Å². The number of pyridine rings is 1. The van der Waals surface area contributed by atoms with Gasteiger partial charge in [0.05, 0.1) is 10.5 Å². The Balaban J connectivity index is 1.48. The van der Waals surface area contributed by atoms with Crippen molar-refractivity contribution in [3.05, 3.63) is 75.2 Å². The lowest BCUT2D eigenvalue weighted by atomic mass is 9.89. The first-order chi connectivity index (χ1) is 17.8. The van der Waals surface area contributed by atoms with Crippen LogP contribution >= 0.6 is 11.6 Å². The standard InChI is InChI=1S/C28H29ClN4O4/c1-16-23-25(31-37-16)24-21(29)13-8-14-22(24)33(28(23)36)20-12-7-11-19(15-20)30-27(35)26(32(3)17(2)34)18-9-5-4-6-10-18/h4-6,8-10,13-14,19-20,26H,7,11-12,15H2,1-3H3,(H,30,35)/t19-,20-,26+/m1/s1. The molecule has 0 radical (unpaired) electrons. The SMILES string of the molecule is CC(=O)N(C)[C@H](C(=O)N[C@@H]1CCC[C@@H](n2c(=O)c3c(C)onc3c3c(Cl)cccc32)C1)c1ccccc1. The minimum atomic E-state index is -0.738. The van der Waals surface area contributed by atoms with Gasteiger partial charge in [-0.1, -0.05) is 53.2 Å². The van der Waals surface area contributed by atoms with Crippen LogP contribution in [0.15, 0.2) is 57.8 Å². The molecule has 1 aliphatic rings. The summed E-state index contributed by atoms with van der Waals surface area (Å²) < 4.78 is 7.17. The molecule has 1 fully saturated rings. The Bertz CT molecular complexity index is 1540. The molecular weight excluding hydrogens is 492 g/mol. The number of halogens is 1. The third-order valence-electron chi connectivity index (χ3n) is 7.39. The van der Waals surface area contributed by atoms with Gasteiger partial charge in [-0.2, -0.15) is 0 Å². The number of nitrogens with zero attached hydrogens (tertiary/aromatic N) is 3. The van der Waals surface area contributed by atoms with Crippen molar-refractivity contribution in [2.24, 2.45) is 0 Å². The zero-order chi connectivity index (χ0) is 26.3. The van der Waals surface area contributed by atoms with Gasteiger partial charge in [-0.25, -0.2) is 0 Å². The first-order valence-corrected chi connectivity index (χ1v) is 12.8. The number of likely N-dealkylation sites (N-methyl/N-ethyl adjacent to an activating group) is 1. The van der Waals surface area contributed by atoms with Crippen LogP contribution in [0, 0.1) is 6.92 Å². The van der Waals surface area contributed by atoms with E-state index in [2.05, 4.69) is 10.5 Å². The lowest BCUT2D eigenvalue weighted by molar-refractivity contribution is -0.138. The largest absolute Gasteiger partial charge is 0.360 e. The molecule has 0 bridgehead atoms. The van der Waals surface area contributed by atoms with Crippen LogP contribution in [0.1, 0.15) is 56.0 Å². The molecule has 4 aromatic rings. The number of aromatic nitrogens is 2. The first kappa shape index (κ1) is 25.0. The predicted octanol–water partition coefficient (Wildman–Crippen LogP) is 4.92. The molecule has 2 amide bonds. The van der Waals surface area contributed by atoms with E-state index < -0.39 is 6.04 Å². The van der Waals surface area contributed by atoms with Crippen LogP contribution in [0.2, 0.25) is 5.02 Å². The predicted molar refractivity (Wildman–Crippen MR) is 143 cm³/mol. The molecule has 3 atom stereocenters. The third kappa shape index (κ3) is 4.50. The Morgan fingerprint density at radius 1 is 1.14 bits per heavy atom. The number of hydrogen-bond donors (Lipinski definition) is 1. The van der Waals surface area contributed by atoms with Gasteiger partial charge in [0.2, 0.25) is 11.8 Å². The van der Waals surface area contributed by atoms with Gasteiger partial charge in [0, 0.05) is 31.4 Å². The summed E-state index contributed by atoms with van der Waals surface area (Å²) in [6, 6.07) is 13.7. The normalized spacial score (nSPS) is 18.6. The average molecular weight is 521 g/mol. The molecule has 2 aromatic carbocycles. The fraction of sp³-hybridized carbons (Fsp3) is 0.357. The Morgan fingerprint density at radius 2 is 1.89 bits per heavy atom. The van der Waals surface area contributed by atoms with Crippen molar-refractivity contribution in [1.29, 1.82) is 0 Å². The van der Waals surface area contributed by atoms with E-state index in [9.17, 15) is 14.4 Å². The molecular formula is C28H29ClN4O4. The van der Waals surface area contributed by atoms with E-state index in [4.69, 9.17) is 16.1 Å². The van der Waals surface area contributed by atoms with Gasteiger partial charge in [0.15, 0.2) is 0 Å². The van der Waals surface area contributed by atoms with Crippen LogP contribution < -0.4 is 10.9 Å². The van der Waals surface area contributed by atoms with Crippen molar-refractivity contribution >= 4 is 45.2 Å². The molecule has 0 unspecified atom stereocenters. The molecule has 1 saturated carbocycles. The topological polar surface area (TPSA) is 97.4 Å². The average Bonchev–Trinajstić information content (AvgIpc) is 3.26. The summed E-state index contributed by atoms with van der Waals surface area (Å²) in [5, 5.41) is 8.92. The maximum atomic E-state index is 13.7. The number of carbonyl (C=O) groups is 2. The van der Waals surface area contributed by atoms with Crippen molar-refractivity contribution in [2.45, 2.75) is 57.7 Å². The number of rotatable bonds is 5. The number of benzene rings is 2. The minimum absolute atomic E-state index is 0.146. The summed E-state index contributed by atoms with van der Waals surface area (Å²) in [6.07, 6.45) is 2.99. The van der Waals surface area contributed by atoms with Crippen molar-refractivity contribution in [3.63, 3.8) is 0 Å². The summed E-state index contributed by atoms with van der Waals surface area (Å²) in [5.74, 6) is 0.0205. The molecule has 0 spiro atoms. The van der Waals surface area contributed by atoms with Crippen molar-refractivity contribution in [2.75, 3.05) is 7.05 Å². The van der Waals surface area contributed by atoms with Gasteiger partial charge in [0.1, 0.15) is 22.7 Å². The van der Waals surface area contributed by atoms with Crippen LogP contribution in [-0.2, 0) is 9.59 Å². The van der Waals surface area contributed by atoms with Crippen molar-refractivity contribution in [3.8, 4) is 0 Å².